The van der Waals surface area contributed by atoms with E-state index >= 15 is 0 Å². The number of pyridine rings is 1. The molecule has 20 heavy (non-hydrogen) atoms. The van der Waals surface area contributed by atoms with Crippen molar-refractivity contribution in [3.05, 3.63) is 23.4 Å². The fourth-order valence-corrected chi connectivity index (χ4v) is 3.18. The summed E-state index contributed by atoms with van der Waals surface area (Å²) in [4.78, 5) is 17.0. The third-order valence-corrected chi connectivity index (χ3v) is 4.15. The van der Waals surface area contributed by atoms with Crippen LogP contribution >= 0.6 is 0 Å². The van der Waals surface area contributed by atoms with Crippen LogP contribution in [0.1, 0.15) is 28.9 Å². The van der Waals surface area contributed by atoms with Gasteiger partial charge in [0.1, 0.15) is 0 Å². The number of morpholine rings is 1. The molecule has 0 aliphatic carbocycles. The van der Waals surface area contributed by atoms with E-state index in [0.717, 1.165) is 24.1 Å². The molecule has 1 N–H and O–H groups in total. The number of hydrogen-bond acceptors (Lipinski definition) is 5. The minimum atomic E-state index is 0.0732. The topological polar surface area (TPSA) is 60.5 Å². The lowest BCUT2D eigenvalue weighted by Gasteiger charge is -2.39. The van der Waals surface area contributed by atoms with Gasteiger partial charge in [-0.25, -0.2) is 4.98 Å². The van der Waals surface area contributed by atoms with E-state index in [1.54, 1.807) is 13.2 Å². The average Bonchev–Trinajstić information content (AvgIpc) is 2.46. The second-order valence-corrected chi connectivity index (χ2v) is 5.62. The lowest BCUT2D eigenvalue weighted by Crippen LogP contribution is -2.55. The number of fused-ring (bicyclic) bond motifs is 2. The van der Waals surface area contributed by atoms with Crippen LogP contribution < -0.4 is 10.1 Å². The zero-order chi connectivity index (χ0) is 14.1. The third kappa shape index (κ3) is 2.55. The quantitative estimate of drug-likeness (QED) is 0.844. The molecule has 0 saturated carbocycles. The lowest BCUT2D eigenvalue weighted by atomic mass is 9.82. The number of aromatic nitrogens is 1. The number of hydrogen-bond donors (Lipinski definition) is 1. The van der Waals surface area contributed by atoms with Gasteiger partial charge < -0.3 is 14.8 Å². The number of Topliss-reactive ketones (excluding diaryl/α,β-unsaturated/α-hetero) is 1. The van der Waals surface area contributed by atoms with Crippen LogP contribution in [0.25, 0.3) is 0 Å². The van der Waals surface area contributed by atoms with Crippen molar-refractivity contribution >= 4 is 5.78 Å². The van der Waals surface area contributed by atoms with Crippen LogP contribution in [0.5, 0.6) is 5.88 Å². The minimum Gasteiger partial charge on any atom is -0.481 e. The molecule has 1 aromatic rings. The second kappa shape index (κ2) is 5.50. The van der Waals surface area contributed by atoms with Gasteiger partial charge in [0, 0.05) is 29.6 Å². The van der Waals surface area contributed by atoms with Gasteiger partial charge >= 0.3 is 0 Å². The monoisotopic (exact) mass is 276 g/mol. The van der Waals surface area contributed by atoms with Crippen molar-refractivity contribution in [3.63, 3.8) is 0 Å². The number of piperidine rings is 1. The number of methoxy groups -OCH3 is 1. The second-order valence-electron chi connectivity index (χ2n) is 5.62. The van der Waals surface area contributed by atoms with Crippen LogP contribution in [0.4, 0.5) is 0 Å². The van der Waals surface area contributed by atoms with Gasteiger partial charge in [0.15, 0.2) is 5.78 Å². The SMILES string of the molecule is COc1ccc(C(=O)C2CC3COCC(C2)N3)c(C)n1. The Hall–Kier alpha value is -1.46. The molecule has 0 amide bonds. The van der Waals surface area contributed by atoms with Crippen molar-refractivity contribution < 1.29 is 14.3 Å². The van der Waals surface area contributed by atoms with Crippen LogP contribution in [-0.2, 0) is 4.74 Å². The van der Waals surface area contributed by atoms with E-state index < -0.39 is 0 Å². The number of nitrogens with one attached hydrogen (secondary N) is 1. The van der Waals surface area contributed by atoms with Gasteiger partial charge in [-0.2, -0.15) is 0 Å². The molecule has 0 aromatic carbocycles. The number of rotatable bonds is 3. The molecule has 2 atom stereocenters. The largest absolute Gasteiger partial charge is 0.481 e. The van der Waals surface area contributed by atoms with E-state index in [0.29, 0.717) is 31.2 Å². The van der Waals surface area contributed by atoms with Crippen LogP contribution in [0, 0.1) is 12.8 Å². The fraction of sp³-hybridized carbons (Fsp3) is 0.600. The van der Waals surface area contributed by atoms with Crippen molar-refractivity contribution in [1.29, 1.82) is 0 Å². The van der Waals surface area contributed by atoms with Crippen LogP contribution in [-0.4, -0.2) is 43.2 Å². The summed E-state index contributed by atoms with van der Waals surface area (Å²) in [5, 5.41) is 3.51. The Morgan fingerprint density at radius 2 is 2.05 bits per heavy atom. The molecule has 0 spiro atoms. The van der Waals surface area contributed by atoms with Gasteiger partial charge in [0.2, 0.25) is 5.88 Å². The number of nitrogens with zero attached hydrogens (tertiary/aromatic N) is 1. The first-order chi connectivity index (χ1) is 9.67. The van der Waals surface area contributed by atoms with E-state index in [1.165, 1.54) is 0 Å². The first-order valence-electron chi connectivity index (χ1n) is 7.07. The Morgan fingerprint density at radius 3 is 2.65 bits per heavy atom. The van der Waals surface area contributed by atoms with Gasteiger partial charge in [-0.1, -0.05) is 0 Å². The Bertz CT molecular complexity index is 506. The summed E-state index contributed by atoms with van der Waals surface area (Å²) in [5.74, 6) is 0.828. The number of ether oxygens (including phenoxy) is 2. The fourth-order valence-electron chi connectivity index (χ4n) is 3.18. The molecule has 2 aliphatic heterocycles. The van der Waals surface area contributed by atoms with Crippen LogP contribution in [0.3, 0.4) is 0 Å². The summed E-state index contributed by atoms with van der Waals surface area (Å²) >= 11 is 0. The van der Waals surface area contributed by atoms with Crippen molar-refractivity contribution in [1.82, 2.24) is 10.3 Å². The molecule has 3 heterocycles. The predicted molar refractivity (Wildman–Crippen MR) is 74.1 cm³/mol. The molecule has 0 radical (unpaired) electrons. The molecule has 2 fully saturated rings. The zero-order valence-electron chi connectivity index (χ0n) is 11.9. The Kier molecular flexibility index (Phi) is 3.72. The van der Waals surface area contributed by atoms with Gasteiger partial charge in [-0.15, -0.1) is 0 Å². The van der Waals surface area contributed by atoms with Crippen molar-refractivity contribution in [2.75, 3.05) is 20.3 Å². The summed E-state index contributed by atoms with van der Waals surface area (Å²) in [6, 6.07) is 4.20. The number of ketones is 1. The molecule has 5 heteroatoms. The molecule has 108 valence electrons. The first-order valence-corrected chi connectivity index (χ1v) is 7.07. The Labute approximate surface area is 118 Å². The van der Waals surface area contributed by atoms with Gasteiger partial charge in [-0.3, -0.25) is 4.79 Å². The predicted octanol–water partition coefficient (Wildman–Crippen LogP) is 1.35. The molecular weight excluding hydrogens is 256 g/mol. The lowest BCUT2D eigenvalue weighted by molar-refractivity contribution is 0.00951. The minimum absolute atomic E-state index is 0.0732. The van der Waals surface area contributed by atoms with E-state index in [-0.39, 0.29) is 11.7 Å². The van der Waals surface area contributed by atoms with E-state index in [9.17, 15) is 4.79 Å². The zero-order valence-corrected chi connectivity index (χ0v) is 11.9. The molecule has 3 rings (SSSR count). The standard InChI is InChI=1S/C15H20N2O3/c1-9-13(3-4-14(16-9)19-2)15(18)10-5-11-7-20-8-12(6-10)17-11/h3-4,10-12,17H,5-8H2,1-2H3. The Morgan fingerprint density at radius 1 is 1.35 bits per heavy atom. The van der Waals surface area contributed by atoms with Crippen LogP contribution in [0.15, 0.2) is 12.1 Å². The molecule has 2 bridgehead atoms. The summed E-state index contributed by atoms with van der Waals surface area (Å²) in [5.41, 5.74) is 1.46. The molecule has 2 saturated heterocycles. The summed E-state index contributed by atoms with van der Waals surface area (Å²) in [6.45, 7) is 3.28. The smallest absolute Gasteiger partial charge is 0.213 e. The van der Waals surface area contributed by atoms with Crippen molar-refractivity contribution in [3.8, 4) is 5.88 Å². The third-order valence-electron chi connectivity index (χ3n) is 4.15. The van der Waals surface area contributed by atoms with Gasteiger partial charge in [0.05, 0.1) is 26.0 Å². The molecular formula is C15H20N2O3. The van der Waals surface area contributed by atoms with E-state index in [4.69, 9.17) is 9.47 Å². The average molecular weight is 276 g/mol. The number of carbonyl (C=O) groups excluding carboxylic acids is 1. The molecule has 5 nitrogen and oxygen atoms in total. The molecule has 2 unspecified atom stereocenters. The summed E-state index contributed by atoms with van der Waals surface area (Å²) in [7, 11) is 1.58. The highest BCUT2D eigenvalue weighted by atomic mass is 16.5. The van der Waals surface area contributed by atoms with E-state index in [1.807, 2.05) is 13.0 Å². The highest BCUT2D eigenvalue weighted by Gasteiger charge is 2.36. The van der Waals surface area contributed by atoms with E-state index in [2.05, 4.69) is 10.3 Å². The maximum absolute atomic E-state index is 12.7. The normalized spacial score (nSPS) is 29.0. The van der Waals surface area contributed by atoms with Crippen LogP contribution in [0.2, 0.25) is 0 Å². The molecule has 2 aliphatic rings. The highest BCUT2D eigenvalue weighted by Crippen LogP contribution is 2.28. The van der Waals surface area contributed by atoms with Gasteiger partial charge in [-0.05, 0) is 25.8 Å². The maximum atomic E-state index is 12.7. The van der Waals surface area contributed by atoms with Crippen molar-refractivity contribution in [2.45, 2.75) is 31.8 Å². The summed E-state index contributed by atoms with van der Waals surface area (Å²) < 4.78 is 10.6. The van der Waals surface area contributed by atoms with Gasteiger partial charge in [0.25, 0.3) is 0 Å². The molecule has 1 aromatic heterocycles. The van der Waals surface area contributed by atoms with Crippen molar-refractivity contribution in [2.24, 2.45) is 5.92 Å². The summed E-state index contributed by atoms with van der Waals surface area (Å²) in [6.07, 6.45) is 1.70. The first kappa shape index (κ1) is 13.5. The Balaban J connectivity index is 1.78. The maximum Gasteiger partial charge on any atom is 0.213 e. The number of carbonyl (C=O) groups is 1. The number of aryl methyl sites for hydroxylation is 1. The highest BCUT2D eigenvalue weighted by molar-refractivity contribution is 5.99.